The van der Waals surface area contributed by atoms with Crippen LogP contribution in [0.3, 0.4) is 0 Å². The molecule has 0 aromatic carbocycles. The van der Waals surface area contributed by atoms with Gasteiger partial charge in [0.2, 0.25) is 0 Å². The molecule has 34 heavy (non-hydrogen) atoms. The van der Waals surface area contributed by atoms with Gasteiger partial charge >= 0.3 is 0 Å². The SMILES string of the molecule is CCCCCCCCCCCCCCCCc1ccc(/C=C2\N=C(c3ccc[nH]3)C=C2OC)[nH]1. The van der Waals surface area contributed by atoms with Crippen molar-refractivity contribution in [3.05, 3.63) is 65.1 Å². The van der Waals surface area contributed by atoms with Crippen molar-refractivity contribution in [2.75, 3.05) is 7.11 Å². The van der Waals surface area contributed by atoms with E-state index in [-0.39, 0.29) is 0 Å². The lowest BCUT2D eigenvalue weighted by Gasteiger charge is -2.03. The molecule has 3 rings (SSSR count). The minimum absolute atomic E-state index is 0.799. The standard InChI is InChI=1S/C30H45N3O/c1-3-4-5-6-7-8-9-10-11-12-13-14-15-16-18-25-20-21-26(32-25)23-29-30(34-2)24-28(33-29)27-19-17-22-31-27/h17,19-24,31-32H,3-16,18H2,1-2H3/b29-23-. The first-order chi connectivity index (χ1) is 16.8. The topological polar surface area (TPSA) is 53.2 Å². The van der Waals surface area contributed by atoms with Crippen LogP contribution in [-0.4, -0.2) is 22.8 Å². The summed E-state index contributed by atoms with van der Waals surface area (Å²) in [5.74, 6) is 0.799. The number of aryl methyl sites for hydroxylation is 1. The molecule has 0 atom stereocenters. The molecule has 0 radical (unpaired) electrons. The number of aromatic amines is 2. The minimum Gasteiger partial charge on any atom is -0.494 e. The molecule has 186 valence electrons. The molecule has 2 N–H and O–H groups in total. The van der Waals surface area contributed by atoms with Gasteiger partial charge in [0.25, 0.3) is 0 Å². The Morgan fingerprint density at radius 2 is 1.47 bits per heavy atom. The number of nitrogens with one attached hydrogen (secondary N) is 2. The molecular formula is C30H45N3O. The van der Waals surface area contributed by atoms with Gasteiger partial charge in [0.1, 0.15) is 11.5 Å². The van der Waals surface area contributed by atoms with Crippen LogP contribution in [0.4, 0.5) is 0 Å². The van der Waals surface area contributed by atoms with Crippen LogP contribution >= 0.6 is 0 Å². The molecule has 0 aliphatic carbocycles. The molecule has 2 aromatic heterocycles. The number of unbranched alkanes of at least 4 members (excludes halogenated alkanes) is 13. The summed E-state index contributed by atoms with van der Waals surface area (Å²) in [7, 11) is 1.70. The van der Waals surface area contributed by atoms with Gasteiger partial charge in [-0.15, -0.1) is 0 Å². The second kappa shape index (κ2) is 15.4. The van der Waals surface area contributed by atoms with Crippen molar-refractivity contribution in [1.82, 2.24) is 9.97 Å². The van der Waals surface area contributed by atoms with Crippen LogP contribution < -0.4 is 0 Å². The summed E-state index contributed by atoms with van der Waals surface area (Å²) in [5.41, 5.74) is 5.15. The number of H-pyrrole nitrogens is 2. The molecule has 0 saturated heterocycles. The molecule has 3 heterocycles. The highest BCUT2D eigenvalue weighted by Crippen LogP contribution is 2.24. The predicted octanol–water partition coefficient (Wildman–Crippen LogP) is 8.74. The van der Waals surface area contributed by atoms with Crippen LogP contribution in [0.5, 0.6) is 0 Å². The summed E-state index contributed by atoms with van der Waals surface area (Å²) >= 11 is 0. The van der Waals surface area contributed by atoms with Gasteiger partial charge in [-0.2, -0.15) is 0 Å². The molecule has 0 unspecified atom stereocenters. The number of hydrogen-bond donors (Lipinski definition) is 2. The Labute approximate surface area is 207 Å². The molecule has 1 aliphatic heterocycles. The monoisotopic (exact) mass is 463 g/mol. The number of nitrogens with zero attached hydrogens (tertiary/aromatic N) is 1. The predicted molar refractivity (Wildman–Crippen MR) is 145 cm³/mol. The quantitative estimate of drug-likeness (QED) is 0.213. The summed E-state index contributed by atoms with van der Waals surface area (Å²) in [4.78, 5) is 11.5. The van der Waals surface area contributed by atoms with Crippen LogP contribution in [0, 0.1) is 0 Å². The van der Waals surface area contributed by atoms with Crippen LogP contribution in [0.2, 0.25) is 0 Å². The first-order valence-corrected chi connectivity index (χ1v) is 13.7. The fourth-order valence-electron chi connectivity index (χ4n) is 4.66. The number of ether oxygens (including phenoxy) is 1. The molecule has 0 amide bonds. The van der Waals surface area contributed by atoms with Gasteiger partial charge in [0.15, 0.2) is 0 Å². The Kier molecular flexibility index (Phi) is 11.8. The number of rotatable bonds is 18. The Morgan fingerprint density at radius 3 is 2.06 bits per heavy atom. The summed E-state index contributed by atoms with van der Waals surface area (Å²) < 4.78 is 5.54. The zero-order valence-electron chi connectivity index (χ0n) is 21.5. The number of allylic oxidation sites excluding steroid dienone is 1. The van der Waals surface area contributed by atoms with Crippen molar-refractivity contribution in [3.8, 4) is 0 Å². The first kappa shape index (κ1) is 26.1. The maximum absolute atomic E-state index is 5.54. The lowest BCUT2D eigenvalue weighted by atomic mass is 10.0. The van der Waals surface area contributed by atoms with E-state index in [4.69, 9.17) is 9.73 Å². The largest absolute Gasteiger partial charge is 0.494 e. The number of methoxy groups -OCH3 is 1. The Bertz CT molecular complexity index is 901. The summed E-state index contributed by atoms with van der Waals surface area (Å²) in [6.07, 6.45) is 26.7. The second-order valence-corrected chi connectivity index (χ2v) is 9.61. The molecule has 0 bridgehead atoms. The van der Waals surface area contributed by atoms with Gasteiger partial charge in [-0.25, -0.2) is 4.99 Å². The molecular weight excluding hydrogens is 418 g/mol. The fraction of sp³-hybridized carbons (Fsp3) is 0.567. The van der Waals surface area contributed by atoms with E-state index in [0.29, 0.717) is 0 Å². The minimum atomic E-state index is 0.799. The lowest BCUT2D eigenvalue weighted by molar-refractivity contribution is 0.303. The van der Waals surface area contributed by atoms with Gasteiger partial charge in [-0.05, 0) is 43.2 Å². The Morgan fingerprint density at radius 1 is 0.824 bits per heavy atom. The van der Waals surface area contributed by atoms with E-state index in [1.54, 1.807) is 7.11 Å². The second-order valence-electron chi connectivity index (χ2n) is 9.61. The average molecular weight is 464 g/mol. The zero-order chi connectivity index (χ0) is 23.8. The highest BCUT2D eigenvalue weighted by molar-refractivity contribution is 6.11. The molecule has 4 heteroatoms. The van der Waals surface area contributed by atoms with Gasteiger partial charge in [0.05, 0.1) is 18.5 Å². The van der Waals surface area contributed by atoms with Gasteiger partial charge < -0.3 is 14.7 Å². The van der Waals surface area contributed by atoms with Gasteiger partial charge in [-0.3, -0.25) is 0 Å². The Balaban J connectivity index is 1.27. The van der Waals surface area contributed by atoms with Crippen molar-refractivity contribution in [1.29, 1.82) is 0 Å². The van der Waals surface area contributed by atoms with E-state index in [9.17, 15) is 0 Å². The number of aromatic nitrogens is 2. The third-order valence-electron chi connectivity index (χ3n) is 6.72. The van der Waals surface area contributed by atoms with Gasteiger partial charge in [0, 0.05) is 23.7 Å². The van der Waals surface area contributed by atoms with E-state index < -0.39 is 0 Å². The van der Waals surface area contributed by atoms with Crippen LogP contribution in [0.15, 0.2) is 53.0 Å². The van der Waals surface area contributed by atoms with E-state index in [2.05, 4.69) is 35.1 Å². The average Bonchev–Trinajstić information content (AvgIpc) is 3.61. The van der Waals surface area contributed by atoms with Crippen LogP contribution in [-0.2, 0) is 11.2 Å². The third-order valence-corrected chi connectivity index (χ3v) is 6.72. The van der Waals surface area contributed by atoms with Crippen LogP contribution in [0.1, 0.15) is 114 Å². The van der Waals surface area contributed by atoms with Crippen molar-refractivity contribution in [2.45, 2.75) is 103 Å². The fourth-order valence-corrected chi connectivity index (χ4v) is 4.66. The normalized spacial score (nSPS) is 14.6. The maximum Gasteiger partial charge on any atom is 0.146 e. The van der Waals surface area contributed by atoms with Gasteiger partial charge in [-0.1, -0.05) is 90.4 Å². The maximum atomic E-state index is 5.54. The number of aliphatic imine (C=N–C) groups is 1. The summed E-state index contributed by atoms with van der Waals surface area (Å²) in [5, 5.41) is 0. The van der Waals surface area contributed by atoms with Crippen molar-refractivity contribution < 1.29 is 4.74 Å². The van der Waals surface area contributed by atoms with E-state index in [1.165, 1.54) is 95.6 Å². The molecule has 4 nitrogen and oxygen atoms in total. The van der Waals surface area contributed by atoms with Crippen molar-refractivity contribution in [2.24, 2.45) is 4.99 Å². The highest BCUT2D eigenvalue weighted by atomic mass is 16.5. The summed E-state index contributed by atoms with van der Waals surface area (Å²) in [6.45, 7) is 2.29. The highest BCUT2D eigenvalue weighted by Gasteiger charge is 2.17. The first-order valence-electron chi connectivity index (χ1n) is 13.7. The van der Waals surface area contributed by atoms with E-state index >= 15 is 0 Å². The molecule has 1 aliphatic rings. The molecule has 2 aromatic rings. The smallest absolute Gasteiger partial charge is 0.146 e. The lowest BCUT2D eigenvalue weighted by Crippen LogP contribution is -1.93. The van der Waals surface area contributed by atoms with E-state index in [0.717, 1.165) is 35.0 Å². The van der Waals surface area contributed by atoms with Crippen molar-refractivity contribution in [3.63, 3.8) is 0 Å². The molecule has 0 spiro atoms. The Hall–Kier alpha value is -2.49. The number of hydrogen-bond acceptors (Lipinski definition) is 2. The van der Waals surface area contributed by atoms with Crippen molar-refractivity contribution >= 4 is 11.8 Å². The molecule has 0 fully saturated rings. The third kappa shape index (κ3) is 9.04. The van der Waals surface area contributed by atoms with E-state index in [1.807, 2.05) is 24.4 Å². The summed E-state index contributed by atoms with van der Waals surface area (Å²) in [6, 6.07) is 8.35. The van der Waals surface area contributed by atoms with Crippen LogP contribution in [0.25, 0.3) is 6.08 Å². The molecule has 0 saturated carbocycles. The zero-order valence-corrected chi connectivity index (χ0v) is 21.5.